The zero-order chi connectivity index (χ0) is 9.80. The van der Waals surface area contributed by atoms with Crippen molar-refractivity contribution in [3.8, 4) is 0 Å². The Morgan fingerprint density at radius 2 is 2.14 bits per heavy atom. The fourth-order valence-electron chi connectivity index (χ4n) is 2.09. The van der Waals surface area contributed by atoms with Crippen LogP contribution in [0.15, 0.2) is 0 Å². The van der Waals surface area contributed by atoms with E-state index in [0.717, 1.165) is 13.0 Å². The number of carbonyl (C=O) groups excluding carboxylic acids is 1. The van der Waals surface area contributed by atoms with Gasteiger partial charge in [0.05, 0.1) is 19.7 Å². The van der Waals surface area contributed by atoms with E-state index in [0.29, 0.717) is 19.2 Å². The summed E-state index contributed by atoms with van der Waals surface area (Å²) in [5.41, 5.74) is 0. The van der Waals surface area contributed by atoms with Gasteiger partial charge in [0.25, 0.3) is 5.91 Å². The Bertz CT molecular complexity index is 196. The number of hydrogen-bond donors (Lipinski definition) is 1. The smallest absolute Gasteiger partial charge is 0.260 e. The highest BCUT2D eigenvalue weighted by atomic mass is 16.7. The summed E-state index contributed by atoms with van der Waals surface area (Å²) >= 11 is 0. The number of hydroxylamine groups is 2. The fraction of sp³-hybridized carbons (Fsp3) is 0.900. The molecule has 0 bridgehead atoms. The third kappa shape index (κ3) is 2.45. The topological polar surface area (TPSA) is 41.6 Å². The van der Waals surface area contributed by atoms with Crippen LogP contribution in [-0.4, -0.2) is 36.7 Å². The van der Waals surface area contributed by atoms with Gasteiger partial charge in [-0.15, -0.1) is 0 Å². The van der Waals surface area contributed by atoms with E-state index < -0.39 is 0 Å². The SMILES string of the molecule is O=C(CNC1CCCC1)N1CCCO1. The molecule has 0 aromatic carbocycles. The summed E-state index contributed by atoms with van der Waals surface area (Å²) in [5, 5.41) is 4.78. The molecule has 4 nitrogen and oxygen atoms in total. The summed E-state index contributed by atoms with van der Waals surface area (Å²) in [5.74, 6) is 0.0781. The molecule has 1 saturated carbocycles. The molecule has 0 unspecified atom stereocenters. The Hall–Kier alpha value is -0.610. The molecule has 1 amide bonds. The van der Waals surface area contributed by atoms with Crippen LogP contribution in [0.5, 0.6) is 0 Å². The van der Waals surface area contributed by atoms with Crippen molar-refractivity contribution in [3.63, 3.8) is 0 Å². The van der Waals surface area contributed by atoms with Gasteiger partial charge in [-0.25, -0.2) is 5.06 Å². The van der Waals surface area contributed by atoms with Crippen molar-refractivity contribution < 1.29 is 9.63 Å². The summed E-state index contributed by atoms with van der Waals surface area (Å²) in [6.45, 7) is 1.88. The molecular weight excluding hydrogens is 180 g/mol. The van der Waals surface area contributed by atoms with Gasteiger partial charge in [-0.2, -0.15) is 0 Å². The Kier molecular flexibility index (Phi) is 3.37. The molecule has 0 atom stereocenters. The zero-order valence-corrected chi connectivity index (χ0v) is 8.50. The molecule has 4 heteroatoms. The molecule has 2 rings (SSSR count). The fourth-order valence-corrected chi connectivity index (χ4v) is 2.09. The van der Waals surface area contributed by atoms with E-state index in [4.69, 9.17) is 4.84 Å². The summed E-state index contributed by atoms with van der Waals surface area (Å²) in [6.07, 6.45) is 6.00. The van der Waals surface area contributed by atoms with Crippen molar-refractivity contribution in [2.75, 3.05) is 19.7 Å². The molecule has 2 fully saturated rings. The summed E-state index contributed by atoms with van der Waals surface area (Å²) in [7, 11) is 0. The second-order valence-electron chi connectivity index (χ2n) is 4.04. The van der Waals surface area contributed by atoms with Crippen LogP contribution in [0, 0.1) is 0 Å². The van der Waals surface area contributed by atoms with Gasteiger partial charge in [-0.05, 0) is 19.3 Å². The van der Waals surface area contributed by atoms with Crippen molar-refractivity contribution in [2.45, 2.75) is 38.1 Å². The highest BCUT2D eigenvalue weighted by molar-refractivity contribution is 5.77. The average molecular weight is 198 g/mol. The van der Waals surface area contributed by atoms with E-state index >= 15 is 0 Å². The van der Waals surface area contributed by atoms with Gasteiger partial charge in [-0.1, -0.05) is 12.8 Å². The van der Waals surface area contributed by atoms with Crippen LogP contribution in [0.4, 0.5) is 0 Å². The van der Waals surface area contributed by atoms with Crippen molar-refractivity contribution >= 4 is 5.91 Å². The van der Waals surface area contributed by atoms with E-state index in [1.54, 1.807) is 0 Å². The molecule has 0 radical (unpaired) electrons. The molecule has 0 spiro atoms. The first kappa shape index (κ1) is 9.93. The van der Waals surface area contributed by atoms with Crippen LogP contribution in [0.3, 0.4) is 0 Å². The molecule has 1 saturated heterocycles. The monoisotopic (exact) mass is 198 g/mol. The quantitative estimate of drug-likeness (QED) is 0.725. The van der Waals surface area contributed by atoms with Gasteiger partial charge in [0, 0.05) is 6.04 Å². The number of amides is 1. The third-order valence-electron chi connectivity index (χ3n) is 2.93. The molecule has 14 heavy (non-hydrogen) atoms. The number of hydrogen-bond acceptors (Lipinski definition) is 3. The summed E-state index contributed by atoms with van der Waals surface area (Å²) in [4.78, 5) is 16.7. The lowest BCUT2D eigenvalue weighted by atomic mass is 10.2. The van der Waals surface area contributed by atoms with Gasteiger partial charge < -0.3 is 5.32 Å². The highest BCUT2D eigenvalue weighted by Crippen LogP contribution is 2.17. The standard InChI is InChI=1S/C10H18N2O2/c13-10(12-6-3-7-14-12)8-11-9-4-1-2-5-9/h9,11H,1-8H2. The minimum Gasteiger partial charge on any atom is -0.306 e. The molecule has 0 aromatic rings. The molecule has 1 N–H and O–H groups in total. The first-order chi connectivity index (χ1) is 6.86. The van der Waals surface area contributed by atoms with Gasteiger partial charge in [0.15, 0.2) is 0 Å². The number of rotatable bonds is 3. The van der Waals surface area contributed by atoms with E-state index in [-0.39, 0.29) is 5.91 Å². The second kappa shape index (κ2) is 4.75. The number of nitrogens with one attached hydrogen (secondary N) is 1. The van der Waals surface area contributed by atoms with Crippen LogP contribution in [0.25, 0.3) is 0 Å². The van der Waals surface area contributed by atoms with Crippen molar-refractivity contribution in [1.29, 1.82) is 0 Å². The lowest BCUT2D eigenvalue weighted by Crippen LogP contribution is -2.39. The van der Waals surface area contributed by atoms with E-state index in [1.807, 2.05) is 0 Å². The van der Waals surface area contributed by atoms with Gasteiger partial charge in [0.1, 0.15) is 0 Å². The maximum atomic E-state index is 11.5. The summed E-state index contributed by atoms with van der Waals surface area (Å²) in [6, 6.07) is 0.557. The van der Waals surface area contributed by atoms with Crippen molar-refractivity contribution in [3.05, 3.63) is 0 Å². The van der Waals surface area contributed by atoms with Crippen LogP contribution < -0.4 is 5.32 Å². The molecule has 80 valence electrons. The number of nitrogens with zero attached hydrogens (tertiary/aromatic N) is 1. The Morgan fingerprint density at radius 1 is 1.36 bits per heavy atom. The average Bonchev–Trinajstić information content (AvgIpc) is 2.87. The molecule has 1 aliphatic heterocycles. The molecule has 0 aromatic heterocycles. The lowest BCUT2D eigenvalue weighted by Gasteiger charge is -2.16. The Balaban J connectivity index is 1.66. The van der Waals surface area contributed by atoms with E-state index in [9.17, 15) is 4.79 Å². The minimum atomic E-state index is 0.0781. The van der Waals surface area contributed by atoms with Gasteiger partial charge >= 0.3 is 0 Å². The maximum absolute atomic E-state index is 11.5. The first-order valence-electron chi connectivity index (χ1n) is 5.53. The van der Waals surface area contributed by atoms with Crippen LogP contribution >= 0.6 is 0 Å². The minimum absolute atomic E-state index is 0.0781. The maximum Gasteiger partial charge on any atom is 0.260 e. The van der Waals surface area contributed by atoms with Crippen LogP contribution in [-0.2, 0) is 9.63 Å². The summed E-state index contributed by atoms with van der Waals surface area (Å²) < 4.78 is 0. The van der Waals surface area contributed by atoms with E-state index in [1.165, 1.54) is 30.7 Å². The van der Waals surface area contributed by atoms with Crippen LogP contribution in [0.1, 0.15) is 32.1 Å². The molecular formula is C10H18N2O2. The highest BCUT2D eigenvalue weighted by Gasteiger charge is 2.21. The molecule has 2 aliphatic rings. The van der Waals surface area contributed by atoms with Crippen molar-refractivity contribution in [1.82, 2.24) is 10.4 Å². The third-order valence-corrected chi connectivity index (χ3v) is 2.93. The number of carbonyl (C=O) groups is 1. The Labute approximate surface area is 84.6 Å². The predicted molar refractivity (Wildman–Crippen MR) is 52.5 cm³/mol. The van der Waals surface area contributed by atoms with Crippen molar-refractivity contribution in [2.24, 2.45) is 0 Å². The molecule has 1 aliphatic carbocycles. The van der Waals surface area contributed by atoms with Gasteiger partial charge in [-0.3, -0.25) is 9.63 Å². The zero-order valence-electron chi connectivity index (χ0n) is 8.50. The molecule has 1 heterocycles. The van der Waals surface area contributed by atoms with Crippen LogP contribution in [0.2, 0.25) is 0 Å². The first-order valence-corrected chi connectivity index (χ1v) is 5.53. The predicted octanol–water partition coefficient (Wildman–Crippen LogP) is 0.682. The normalized spacial score (nSPS) is 23.3. The Morgan fingerprint density at radius 3 is 2.79 bits per heavy atom. The van der Waals surface area contributed by atoms with E-state index in [2.05, 4.69) is 5.32 Å². The van der Waals surface area contributed by atoms with Gasteiger partial charge in [0.2, 0.25) is 0 Å². The largest absolute Gasteiger partial charge is 0.306 e. The second-order valence-corrected chi connectivity index (χ2v) is 4.04. The lowest BCUT2D eigenvalue weighted by molar-refractivity contribution is -0.167.